The summed E-state index contributed by atoms with van der Waals surface area (Å²) in [6.45, 7) is 11.2. The van der Waals surface area contributed by atoms with Crippen molar-refractivity contribution in [1.29, 1.82) is 0 Å². The van der Waals surface area contributed by atoms with Crippen LogP contribution in [0, 0.1) is 0 Å². The Labute approximate surface area is 373 Å². The van der Waals surface area contributed by atoms with Crippen molar-refractivity contribution in [3.63, 3.8) is 0 Å². The Morgan fingerprint density at radius 2 is 0.885 bits per heavy atom. The summed E-state index contributed by atoms with van der Waals surface area (Å²) >= 11 is 0. The number of ether oxygens (including phenoxy) is 4. The number of rotatable bonds is 44. The van der Waals surface area contributed by atoms with Crippen LogP contribution in [-0.2, 0) is 30.3 Å². The van der Waals surface area contributed by atoms with Crippen LogP contribution >= 0.6 is 0 Å². The highest BCUT2D eigenvalue weighted by atomic mass is 16.7. The van der Waals surface area contributed by atoms with Crippen LogP contribution in [0.4, 0.5) is 9.59 Å². The molecule has 0 aliphatic rings. The normalized spacial score (nSPS) is 12.9. The summed E-state index contributed by atoms with van der Waals surface area (Å²) in [4.78, 5) is 43.9. The molecular formula is C50H93N3O8. The molecule has 1 N–H and O–H groups in total. The number of aromatic nitrogens is 2. The molecule has 0 radical (unpaired) electrons. The van der Waals surface area contributed by atoms with Gasteiger partial charge >= 0.3 is 18.3 Å². The lowest BCUT2D eigenvalue weighted by Crippen LogP contribution is -2.45. The summed E-state index contributed by atoms with van der Waals surface area (Å²) in [7, 11) is 0. The molecule has 0 aliphatic heterocycles. The van der Waals surface area contributed by atoms with Crippen LogP contribution < -0.4 is 0 Å². The number of carbonyl (C=O) groups excluding carboxylic acids is 2. The fraction of sp³-hybridized carbons (Fsp3) is 0.880. The number of aliphatic carboxylic acids is 1. The SMILES string of the molecule is CCCCCCCCC(CCCCCC)OC(=O)OCCCCCCN(CCCCCCOC(=O)OC(CCCCCC)CCCCCCCC)C(Cn1ccnc1)C(=O)O. The van der Waals surface area contributed by atoms with E-state index in [9.17, 15) is 19.5 Å². The number of carbonyl (C=O) groups is 3. The number of imidazole rings is 1. The molecule has 1 aromatic rings. The van der Waals surface area contributed by atoms with Gasteiger partial charge in [-0.1, -0.05) is 156 Å². The van der Waals surface area contributed by atoms with Crippen molar-refractivity contribution in [2.24, 2.45) is 0 Å². The first-order valence-electron chi connectivity index (χ1n) is 25.4. The molecule has 0 bridgehead atoms. The molecule has 1 aromatic heterocycles. The van der Waals surface area contributed by atoms with Gasteiger partial charge in [0.05, 0.1) is 19.5 Å². The molecule has 61 heavy (non-hydrogen) atoms. The molecule has 3 unspecified atom stereocenters. The molecular weight excluding hydrogens is 771 g/mol. The van der Waals surface area contributed by atoms with Gasteiger partial charge in [-0.2, -0.15) is 0 Å². The van der Waals surface area contributed by atoms with E-state index in [0.29, 0.717) is 32.8 Å². The minimum absolute atomic E-state index is 0.0645. The Morgan fingerprint density at radius 3 is 1.26 bits per heavy atom. The van der Waals surface area contributed by atoms with Crippen LogP contribution in [0.15, 0.2) is 18.7 Å². The maximum atomic E-state index is 12.6. The predicted octanol–water partition coefficient (Wildman–Crippen LogP) is 14.2. The molecule has 0 fully saturated rings. The van der Waals surface area contributed by atoms with Crippen LogP contribution in [0.5, 0.6) is 0 Å². The molecule has 0 spiro atoms. The summed E-state index contributed by atoms with van der Waals surface area (Å²) in [6.07, 6.45) is 38.3. The average Bonchev–Trinajstić information content (AvgIpc) is 3.77. The highest BCUT2D eigenvalue weighted by molar-refractivity contribution is 5.73. The molecule has 0 aromatic carbocycles. The summed E-state index contributed by atoms with van der Waals surface area (Å²) in [5.74, 6) is -0.840. The van der Waals surface area contributed by atoms with Gasteiger partial charge in [-0.05, 0) is 90.1 Å². The minimum atomic E-state index is -0.840. The average molecular weight is 864 g/mol. The van der Waals surface area contributed by atoms with Crippen molar-refractivity contribution in [2.45, 2.75) is 258 Å². The van der Waals surface area contributed by atoms with Gasteiger partial charge in [0.2, 0.25) is 0 Å². The lowest BCUT2D eigenvalue weighted by molar-refractivity contribution is -0.144. The van der Waals surface area contributed by atoms with Gasteiger partial charge < -0.3 is 28.6 Å². The zero-order chi connectivity index (χ0) is 44.4. The molecule has 0 aliphatic carbocycles. The molecule has 356 valence electrons. The summed E-state index contributed by atoms with van der Waals surface area (Å²) in [5.41, 5.74) is 0. The number of carboxylic acid groups (broad SMARTS) is 1. The second-order valence-corrected chi connectivity index (χ2v) is 17.5. The number of carboxylic acids is 1. The Bertz CT molecular complexity index is 1080. The Kier molecular flexibility index (Phi) is 38.0. The standard InChI is InChI=1S/C50H93N3O8/c1-5-9-13-17-19-27-35-45(33-25-15-11-7-3)60-49(56)58-41-31-23-21-29-38-53(47(48(54)55)43-52-40-37-51-44-52)39-30-22-24-32-42-59-50(57)61-46(34-26-16-12-8-4)36-28-20-18-14-10-6-2/h37,40,44-47H,5-36,38-39,41-43H2,1-4H3,(H,54,55). The van der Waals surface area contributed by atoms with Gasteiger partial charge in [-0.25, -0.2) is 14.6 Å². The van der Waals surface area contributed by atoms with Crippen molar-refractivity contribution in [1.82, 2.24) is 14.5 Å². The fourth-order valence-corrected chi connectivity index (χ4v) is 7.99. The maximum absolute atomic E-state index is 12.6. The van der Waals surface area contributed by atoms with Gasteiger partial charge in [0, 0.05) is 18.9 Å². The fourth-order valence-electron chi connectivity index (χ4n) is 7.99. The number of unbranched alkanes of at least 4 members (excludes halogenated alkanes) is 22. The number of nitrogens with zero attached hydrogens (tertiary/aromatic N) is 3. The molecule has 3 atom stereocenters. The first-order chi connectivity index (χ1) is 29.8. The lowest BCUT2D eigenvalue weighted by Gasteiger charge is -2.29. The molecule has 0 amide bonds. The van der Waals surface area contributed by atoms with E-state index in [4.69, 9.17) is 18.9 Å². The van der Waals surface area contributed by atoms with Crippen molar-refractivity contribution in [3.05, 3.63) is 18.7 Å². The summed E-state index contributed by atoms with van der Waals surface area (Å²) in [6, 6.07) is -0.664. The van der Waals surface area contributed by atoms with E-state index in [0.717, 1.165) is 103 Å². The van der Waals surface area contributed by atoms with Crippen molar-refractivity contribution < 1.29 is 38.4 Å². The zero-order valence-electron chi connectivity index (χ0n) is 39.8. The highest BCUT2D eigenvalue weighted by Gasteiger charge is 2.25. The van der Waals surface area contributed by atoms with Gasteiger partial charge in [-0.3, -0.25) is 9.69 Å². The first kappa shape index (κ1) is 56.2. The van der Waals surface area contributed by atoms with Gasteiger partial charge in [0.25, 0.3) is 0 Å². The predicted molar refractivity (Wildman–Crippen MR) is 248 cm³/mol. The van der Waals surface area contributed by atoms with Crippen molar-refractivity contribution in [3.8, 4) is 0 Å². The molecule has 1 rings (SSSR count). The lowest BCUT2D eigenvalue weighted by atomic mass is 10.0. The van der Waals surface area contributed by atoms with Crippen LogP contribution in [0.1, 0.15) is 233 Å². The number of hydrogen-bond donors (Lipinski definition) is 1. The molecule has 0 saturated heterocycles. The smallest absolute Gasteiger partial charge is 0.480 e. The topological polar surface area (TPSA) is 129 Å². The molecule has 0 saturated carbocycles. The monoisotopic (exact) mass is 864 g/mol. The summed E-state index contributed by atoms with van der Waals surface area (Å²) < 4.78 is 24.4. The van der Waals surface area contributed by atoms with Gasteiger partial charge in [0.15, 0.2) is 0 Å². The van der Waals surface area contributed by atoms with Gasteiger partial charge in [0.1, 0.15) is 18.2 Å². The highest BCUT2D eigenvalue weighted by Crippen LogP contribution is 2.19. The van der Waals surface area contributed by atoms with E-state index in [1.165, 1.54) is 103 Å². The Balaban J connectivity index is 2.48. The van der Waals surface area contributed by atoms with Crippen molar-refractivity contribution >= 4 is 18.3 Å². The zero-order valence-corrected chi connectivity index (χ0v) is 39.8. The second-order valence-electron chi connectivity index (χ2n) is 17.5. The van der Waals surface area contributed by atoms with Gasteiger partial charge in [-0.15, -0.1) is 0 Å². The van der Waals surface area contributed by atoms with E-state index < -0.39 is 24.3 Å². The minimum Gasteiger partial charge on any atom is -0.480 e. The van der Waals surface area contributed by atoms with E-state index >= 15 is 0 Å². The van der Waals surface area contributed by atoms with E-state index in [1.807, 2.05) is 4.57 Å². The Morgan fingerprint density at radius 1 is 0.525 bits per heavy atom. The largest absolute Gasteiger partial charge is 0.508 e. The van der Waals surface area contributed by atoms with Crippen molar-refractivity contribution in [2.75, 3.05) is 26.3 Å². The third-order valence-corrected chi connectivity index (χ3v) is 11.8. The van der Waals surface area contributed by atoms with E-state index in [2.05, 4.69) is 37.6 Å². The molecule has 11 nitrogen and oxygen atoms in total. The third kappa shape index (κ3) is 33.4. The van der Waals surface area contributed by atoms with Crippen LogP contribution in [-0.4, -0.2) is 82.4 Å². The van der Waals surface area contributed by atoms with Crippen LogP contribution in [0.3, 0.4) is 0 Å². The second kappa shape index (κ2) is 41.2. The first-order valence-corrected chi connectivity index (χ1v) is 25.4. The Hall–Kier alpha value is -2.82. The molecule has 11 heteroatoms. The van der Waals surface area contributed by atoms with E-state index in [-0.39, 0.29) is 12.2 Å². The molecule has 1 heterocycles. The number of hydrogen-bond acceptors (Lipinski definition) is 9. The van der Waals surface area contributed by atoms with Crippen LogP contribution in [0.25, 0.3) is 0 Å². The maximum Gasteiger partial charge on any atom is 0.508 e. The van der Waals surface area contributed by atoms with Crippen LogP contribution in [0.2, 0.25) is 0 Å². The quantitative estimate of drug-likeness (QED) is 0.0500. The summed E-state index contributed by atoms with van der Waals surface area (Å²) in [5, 5.41) is 10.2. The third-order valence-electron chi connectivity index (χ3n) is 11.8. The van der Waals surface area contributed by atoms with E-state index in [1.54, 1.807) is 18.7 Å².